The highest BCUT2D eigenvalue weighted by molar-refractivity contribution is 8.13. The lowest BCUT2D eigenvalue weighted by molar-refractivity contribution is -0.111. The molecule has 0 radical (unpaired) electrons. The van der Waals surface area contributed by atoms with Crippen molar-refractivity contribution >= 4 is 53.9 Å². The average molecular weight is 398 g/mol. The van der Waals surface area contributed by atoms with Crippen molar-refractivity contribution in [1.29, 1.82) is 0 Å². The van der Waals surface area contributed by atoms with Crippen LogP contribution in [0, 0.1) is 0 Å². The molecule has 0 aliphatic carbocycles. The monoisotopic (exact) mass is 398 g/mol. The number of carbonyl (C=O) groups is 1. The van der Waals surface area contributed by atoms with Gasteiger partial charge in [0.05, 0.1) is 12.7 Å². The Kier molecular flexibility index (Phi) is 11.3. The Bertz CT molecular complexity index is 414. The maximum Gasteiger partial charge on any atom is 0.324 e. The van der Waals surface area contributed by atoms with E-state index >= 15 is 0 Å². The summed E-state index contributed by atoms with van der Waals surface area (Å²) in [6.07, 6.45) is 0.681. The average Bonchev–Trinajstić information content (AvgIpc) is 2.34. The Morgan fingerprint density at radius 3 is 2.48 bits per heavy atom. The van der Waals surface area contributed by atoms with Crippen molar-refractivity contribution < 1.29 is 33.0 Å². The SMILES string of the molecule is COP(O)(=S)OCCCSC(=O)CCC(C)OP(O)(O)=S. The molecule has 7 nitrogen and oxygen atoms in total. The molecule has 0 rings (SSSR count). The van der Waals surface area contributed by atoms with Gasteiger partial charge in [-0.05, 0) is 43.4 Å². The van der Waals surface area contributed by atoms with Crippen molar-refractivity contribution in [3.8, 4) is 0 Å². The van der Waals surface area contributed by atoms with Crippen molar-refractivity contribution in [2.75, 3.05) is 19.5 Å². The number of carbonyl (C=O) groups excluding carboxylic acids is 1. The fourth-order valence-electron chi connectivity index (χ4n) is 1.16. The van der Waals surface area contributed by atoms with Crippen molar-refractivity contribution in [3.05, 3.63) is 0 Å². The standard InChI is InChI=1S/C9H20O7P2S3/c1-8(16-17(11,12)19)4-5-9(10)21-7-3-6-15-18(13,20)14-2/h8H,3-7H2,1-2H3,(H,13,20)(H2,11,12,19). The maximum atomic E-state index is 11.6. The lowest BCUT2D eigenvalue weighted by Gasteiger charge is -2.15. The van der Waals surface area contributed by atoms with Gasteiger partial charge >= 0.3 is 13.4 Å². The van der Waals surface area contributed by atoms with E-state index in [2.05, 4.69) is 28.1 Å². The molecule has 12 heteroatoms. The van der Waals surface area contributed by atoms with Gasteiger partial charge in [0.2, 0.25) is 0 Å². The Hall–Kier alpha value is 1.08. The van der Waals surface area contributed by atoms with Crippen LogP contribution in [0.2, 0.25) is 0 Å². The van der Waals surface area contributed by atoms with Gasteiger partial charge in [-0.1, -0.05) is 11.8 Å². The van der Waals surface area contributed by atoms with Crippen molar-refractivity contribution in [3.63, 3.8) is 0 Å². The van der Waals surface area contributed by atoms with Gasteiger partial charge in [0.1, 0.15) is 0 Å². The zero-order valence-corrected chi connectivity index (χ0v) is 15.9. The molecule has 0 saturated carbocycles. The summed E-state index contributed by atoms with van der Waals surface area (Å²) in [4.78, 5) is 38.8. The lowest BCUT2D eigenvalue weighted by atomic mass is 10.2. The Balaban J connectivity index is 3.68. The normalized spacial score (nSPS) is 16.4. The van der Waals surface area contributed by atoms with E-state index in [4.69, 9.17) is 18.8 Å². The van der Waals surface area contributed by atoms with Crippen molar-refractivity contribution in [2.45, 2.75) is 32.3 Å². The first-order valence-electron chi connectivity index (χ1n) is 5.98. The third-order valence-corrected chi connectivity index (χ3v) is 5.75. The van der Waals surface area contributed by atoms with Crippen LogP contribution < -0.4 is 0 Å². The third kappa shape index (κ3) is 14.4. The van der Waals surface area contributed by atoms with Gasteiger partial charge in [0, 0.05) is 19.3 Å². The van der Waals surface area contributed by atoms with E-state index in [1.165, 1.54) is 7.11 Å². The number of rotatable bonds is 11. The molecule has 0 bridgehead atoms. The molecule has 0 fully saturated rings. The van der Waals surface area contributed by atoms with Crippen LogP contribution in [0.3, 0.4) is 0 Å². The summed E-state index contributed by atoms with van der Waals surface area (Å²) in [5, 5.41) is -0.0372. The molecule has 0 amide bonds. The van der Waals surface area contributed by atoms with Crippen LogP contribution in [0.15, 0.2) is 0 Å². The Morgan fingerprint density at radius 1 is 1.33 bits per heavy atom. The minimum absolute atomic E-state index is 0.0372. The Labute approximate surface area is 138 Å². The molecule has 0 aromatic carbocycles. The van der Waals surface area contributed by atoms with Gasteiger partial charge < -0.3 is 28.3 Å². The van der Waals surface area contributed by atoms with Crippen LogP contribution >= 0.6 is 25.2 Å². The van der Waals surface area contributed by atoms with Crippen molar-refractivity contribution in [1.82, 2.24) is 0 Å². The summed E-state index contributed by atoms with van der Waals surface area (Å²) in [7, 11) is 1.28. The van der Waals surface area contributed by atoms with Crippen molar-refractivity contribution in [2.24, 2.45) is 0 Å². The molecule has 0 aromatic rings. The highest BCUT2D eigenvalue weighted by atomic mass is 32.5. The predicted octanol–water partition coefficient (Wildman–Crippen LogP) is 1.91. The smallest absolute Gasteiger partial charge is 0.324 e. The molecule has 2 unspecified atom stereocenters. The largest absolute Gasteiger partial charge is 0.325 e. The van der Waals surface area contributed by atoms with E-state index < -0.39 is 19.5 Å². The van der Waals surface area contributed by atoms with Gasteiger partial charge in [-0.3, -0.25) is 4.79 Å². The minimum Gasteiger partial charge on any atom is -0.325 e. The summed E-state index contributed by atoms with van der Waals surface area (Å²) in [5.74, 6) is 0.533. The summed E-state index contributed by atoms with van der Waals surface area (Å²) in [6.45, 7) is -4.94. The van der Waals surface area contributed by atoms with Crippen LogP contribution in [0.25, 0.3) is 0 Å². The van der Waals surface area contributed by atoms with E-state index in [1.54, 1.807) is 6.92 Å². The van der Waals surface area contributed by atoms with Gasteiger partial charge in [0.25, 0.3) is 0 Å². The third-order valence-electron chi connectivity index (χ3n) is 2.11. The molecule has 0 saturated heterocycles. The van der Waals surface area contributed by atoms with Crippen LogP contribution in [-0.4, -0.2) is 45.4 Å². The maximum absolute atomic E-state index is 11.6. The topological polar surface area (TPSA) is 105 Å². The number of thioether (sulfide) groups is 1. The molecule has 21 heavy (non-hydrogen) atoms. The molecule has 0 aliphatic heterocycles. The van der Waals surface area contributed by atoms with E-state index in [-0.39, 0.29) is 18.1 Å². The van der Waals surface area contributed by atoms with Crippen LogP contribution in [0.4, 0.5) is 0 Å². The number of hydrogen-bond donors (Lipinski definition) is 3. The predicted molar refractivity (Wildman–Crippen MR) is 90.1 cm³/mol. The second kappa shape index (κ2) is 10.8. The highest BCUT2D eigenvalue weighted by Gasteiger charge is 2.15. The molecule has 2 atom stereocenters. The fourth-order valence-corrected chi connectivity index (χ4v) is 3.61. The second-order valence-electron chi connectivity index (χ2n) is 4.00. The van der Waals surface area contributed by atoms with Gasteiger partial charge in [-0.25, -0.2) is 0 Å². The van der Waals surface area contributed by atoms with Crippen LogP contribution in [-0.2, 0) is 42.0 Å². The molecular weight excluding hydrogens is 378 g/mol. The van der Waals surface area contributed by atoms with Gasteiger partial charge in [0.15, 0.2) is 5.12 Å². The molecule has 0 spiro atoms. The van der Waals surface area contributed by atoms with Crippen LogP contribution in [0.5, 0.6) is 0 Å². The van der Waals surface area contributed by atoms with E-state index in [0.29, 0.717) is 18.6 Å². The highest BCUT2D eigenvalue weighted by Crippen LogP contribution is 2.42. The molecular formula is C9H20O7P2S3. The zero-order valence-electron chi connectivity index (χ0n) is 11.7. The molecule has 126 valence electrons. The Morgan fingerprint density at radius 2 is 1.95 bits per heavy atom. The minimum atomic E-state index is -3.67. The second-order valence-corrected chi connectivity index (χ2v) is 10.7. The van der Waals surface area contributed by atoms with E-state index in [0.717, 1.165) is 11.8 Å². The summed E-state index contributed by atoms with van der Waals surface area (Å²) in [6, 6.07) is 0. The van der Waals surface area contributed by atoms with Gasteiger partial charge in [-0.15, -0.1) is 0 Å². The molecule has 0 heterocycles. The van der Waals surface area contributed by atoms with Crippen LogP contribution in [0.1, 0.15) is 26.2 Å². The lowest BCUT2D eigenvalue weighted by Crippen LogP contribution is -2.08. The fraction of sp³-hybridized carbons (Fsp3) is 0.889. The van der Waals surface area contributed by atoms with E-state index in [9.17, 15) is 9.69 Å². The first kappa shape index (κ1) is 22.1. The first-order chi connectivity index (χ1) is 9.56. The molecule has 0 aromatic heterocycles. The summed E-state index contributed by atoms with van der Waals surface area (Å²) >= 11 is 10.1. The summed E-state index contributed by atoms with van der Waals surface area (Å²) < 4.78 is 14.3. The zero-order chi connectivity index (χ0) is 16.5. The quantitative estimate of drug-likeness (QED) is 0.353. The first-order valence-corrected chi connectivity index (χ1v) is 12.2. The summed E-state index contributed by atoms with van der Waals surface area (Å²) in [5.41, 5.74) is 0. The van der Waals surface area contributed by atoms with Gasteiger partial charge in [-0.2, -0.15) is 0 Å². The molecule has 0 aliphatic rings. The number of hydrogen-bond acceptors (Lipinski definition) is 7. The van der Waals surface area contributed by atoms with E-state index in [1.807, 2.05) is 0 Å². The molecule has 3 N–H and O–H groups in total.